The Kier molecular flexibility index (Phi) is 8.44. The van der Waals surface area contributed by atoms with Crippen LogP contribution in [0.25, 0.3) is 0 Å². The highest BCUT2D eigenvalue weighted by atomic mass is 35.5. The van der Waals surface area contributed by atoms with E-state index < -0.39 is 11.5 Å². The van der Waals surface area contributed by atoms with Crippen molar-refractivity contribution in [2.75, 3.05) is 13.4 Å². The summed E-state index contributed by atoms with van der Waals surface area (Å²) in [6.45, 7) is 0. The Labute approximate surface area is 192 Å². The van der Waals surface area contributed by atoms with E-state index in [-0.39, 0.29) is 10.6 Å². The number of esters is 1. The van der Waals surface area contributed by atoms with Crippen LogP contribution in [0.2, 0.25) is 5.02 Å². The van der Waals surface area contributed by atoms with Crippen molar-refractivity contribution in [1.29, 1.82) is 0 Å². The number of ether oxygens (including phenoxy) is 1. The van der Waals surface area contributed by atoms with Crippen molar-refractivity contribution in [1.82, 2.24) is 9.97 Å². The zero-order valence-corrected chi connectivity index (χ0v) is 19.4. The first kappa shape index (κ1) is 22.9. The lowest BCUT2D eigenvalue weighted by Gasteiger charge is -2.14. The van der Waals surface area contributed by atoms with Crippen molar-refractivity contribution >= 4 is 52.9 Å². The summed E-state index contributed by atoms with van der Waals surface area (Å²) in [6, 6.07) is 16.2. The van der Waals surface area contributed by atoms with Crippen LogP contribution in [0.3, 0.4) is 0 Å². The molecule has 0 radical (unpaired) electrons. The van der Waals surface area contributed by atoms with Crippen molar-refractivity contribution in [2.45, 2.75) is 26.5 Å². The Morgan fingerprint density at radius 2 is 1.77 bits per heavy atom. The van der Waals surface area contributed by atoms with Crippen LogP contribution in [0.4, 0.5) is 4.39 Å². The van der Waals surface area contributed by atoms with Crippen LogP contribution >= 0.6 is 46.9 Å². The third-order valence-corrected chi connectivity index (χ3v) is 6.80. The summed E-state index contributed by atoms with van der Waals surface area (Å²) in [5.41, 5.74) is 0.315. The Balaban J connectivity index is 1.95. The number of hydrogen-bond donors (Lipinski definition) is 0. The fraction of sp³-hybridized carbons (Fsp3) is 0.190. The van der Waals surface area contributed by atoms with E-state index in [4.69, 9.17) is 16.3 Å². The molecule has 2 aromatic carbocycles. The maximum absolute atomic E-state index is 14.9. The second kappa shape index (κ2) is 11.0. The van der Waals surface area contributed by atoms with Crippen LogP contribution in [-0.2, 0) is 10.5 Å². The lowest BCUT2D eigenvalue weighted by molar-refractivity contribution is 0.0589. The standard InChI is InChI=1S/C21H18ClFN2O2S3/c1-27-20(26)16-18(29-12-13-8-10-15(22)11-9-13)24-21(28-2)25-19(16)30-17(23)14-6-4-3-5-7-14/h3-11,17H,12H2,1-2H3. The predicted molar refractivity (Wildman–Crippen MR) is 122 cm³/mol. The maximum Gasteiger partial charge on any atom is 0.343 e. The molecule has 3 aromatic rings. The van der Waals surface area contributed by atoms with E-state index in [1.165, 1.54) is 30.6 Å². The summed E-state index contributed by atoms with van der Waals surface area (Å²) in [5, 5.41) is 1.83. The molecule has 0 aliphatic rings. The Bertz CT molecular complexity index is 1010. The molecule has 1 atom stereocenters. The molecule has 156 valence electrons. The van der Waals surface area contributed by atoms with E-state index in [1.54, 1.807) is 36.4 Å². The number of carbonyl (C=O) groups is 1. The molecule has 0 bridgehead atoms. The van der Waals surface area contributed by atoms with Gasteiger partial charge in [0.25, 0.3) is 0 Å². The van der Waals surface area contributed by atoms with Gasteiger partial charge in [-0.1, -0.05) is 77.6 Å². The zero-order valence-electron chi connectivity index (χ0n) is 16.2. The average Bonchev–Trinajstić information content (AvgIpc) is 2.78. The molecule has 30 heavy (non-hydrogen) atoms. The molecule has 0 saturated carbocycles. The summed E-state index contributed by atoms with van der Waals surface area (Å²) in [6.07, 6.45) is 1.83. The zero-order chi connectivity index (χ0) is 21.5. The first-order valence-electron chi connectivity index (χ1n) is 8.79. The van der Waals surface area contributed by atoms with E-state index in [9.17, 15) is 9.18 Å². The number of halogens is 2. The molecular formula is C21H18ClFN2O2S3. The van der Waals surface area contributed by atoms with Gasteiger partial charge in [0.1, 0.15) is 15.6 Å². The van der Waals surface area contributed by atoms with Crippen molar-refractivity contribution in [3.63, 3.8) is 0 Å². The number of alkyl halides is 1. The Morgan fingerprint density at radius 1 is 1.10 bits per heavy atom. The SMILES string of the molecule is COC(=O)c1c(SCc2ccc(Cl)cc2)nc(SC)nc1SC(F)c1ccccc1. The van der Waals surface area contributed by atoms with Gasteiger partial charge in [-0.15, -0.1) is 11.8 Å². The number of nitrogens with zero attached hydrogens (tertiary/aromatic N) is 2. The molecular weight excluding hydrogens is 463 g/mol. The van der Waals surface area contributed by atoms with Crippen LogP contribution in [0.15, 0.2) is 69.8 Å². The molecule has 0 spiro atoms. The fourth-order valence-electron chi connectivity index (χ4n) is 2.46. The highest BCUT2D eigenvalue weighted by Crippen LogP contribution is 2.40. The molecule has 1 aromatic heterocycles. The number of rotatable bonds is 8. The van der Waals surface area contributed by atoms with Gasteiger partial charge in [0, 0.05) is 10.8 Å². The van der Waals surface area contributed by atoms with E-state index in [0.717, 1.165) is 17.3 Å². The van der Waals surface area contributed by atoms with E-state index >= 15 is 0 Å². The van der Waals surface area contributed by atoms with Gasteiger partial charge in [-0.2, -0.15) is 0 Å². The van der Waals surface area contributed by atoms with Crippen molar-refractivity contribution < 1.29 is 13.9 Å². The second-order valence-electron chi connectivity index (χ2n) is 5.95. The Morgan fingerprint density at radius 3 is 2.40 bits per heavy atom. The minimum Gasteiger partial charge on any atom is -0.465 e. The first-order chi connectivity index (χ1) is 14.5. The largest absolute Gasteiger partial charge is 0.465 e. The van der Waals surface area contributed by atoms with E-state index in [1.807, 2.05) is 24.5 Å². The van der Waals surface area contributed by atoms with Gasteiger partial charge in [-0.25, -0.2) is 19.2 Å². The van der Waals surface area contributed by atoms with Gasteiger partial charge in [-0.05, 0) is 29.5 Å². The number of carbonyl (C=O) groups excluding carboxylic acids is 1. The predicted octanol–water partition coefficient (Wildman–Crippen LogP) is 6.69. The fourth-order valence-corrected chi connectivity index (χ4v) is 5.03. The molecule has 0 aliphatic carbocycles. The molecule has 1 heterocycles. The van der Waals surface area contributed by atoms with E-state index in [2.05, 4.69) is 9.97 Å². The molecule has 3 rings (SSSR count). The summed E-state index contributed by atoms with van der Waals surface area (Å²) in [7, 11) is 1.29. The third-order valence-electron chi connectivity index (χ3n) is 3.96. The molecule has 1 unspecified atom stereocenters. The smallest absolute Gasteiger partial charge is 0.343 e. The van der Waals surface area contributed by atoms with Crippen LogP contribution in [0, 0.1) is 0 Å². The molecule has 9 heteroatoms. The van der Waals surface area contributed by atoms with Gasteiger partial charge in [0.2, 0.25) is 0 Å². The van der Waals surface area contributed by atoms with Gasteiger partial charge in [-0.3, -0.25) is 0 Å². The summed E-state index contributed by atoms with van der Waals surface area (Å²) in [4.78, 5) is 21.4. The topological polar surface area (TPSA) is 52.1 Å². The van der Waals surface area contributed by atoms with Gasteiger partial charge in [0.05, 0.1) is 7.11 Å². The highest BCUT2D eigenvalue weighted by Gasteiger charge is 2.25. The third kappa shape index (κ3) is 5.91. The number of benzene rings is 2. The van der Waals surface area contributed by atoms with Crippen molar-refractivity contribution in [3.8, 4) is 0 Å². The van der Waals surface area contributed by atoms with Gasteiger partial charge >= 0.3 is 5.97 Å². The van der Waals surface area contributed by atoms with Crippen molar-refractivity contribution in [3.05, 3.63) is 76.3 Å². The molecule has 4 nitrogen and oxygen atoms in total. The molecule has 0 amide bonds. The number of thioether (sulfide) groups is 3. The van der Waals surface area contributed by atoms with Crippen LogP contribution in [0.5, 0.6) is 0 Å². The minimum atomic E-state index is -1.38. The summed E-state index contributed by atoms with van der Waals surface area (Å²) >= 11 is 9.52. The number of aromatic nitrogens is 2. The minimum absolute atomic E-state index is 0.179. The monoisotopic (exact) mass is 480 g/mol. The summed E-state index contributed by atoms with van der Waals surface area (Å²) in [5.74, 6) is -0.0302. The molecule has 0 aliphatic heterocycles. The first-order valence-corrected chi connectivity index (χ1v) is 12.3. The van der Waals surface area contributed by atoms with Crippen LogP contribution in [-0.4, -0.2) is 29.3 Å². The molecule has 0 N–H and O–H groups in total. The van der Waals surface area contributed by atoms with Crippen LogP contribution < -0.4 is 0 Å². The quantitative estimate of drug-likeness (QED) is 0.154. The molecule has 0 saturated heterocycles. The molecule has 0 fully saturated rings. The van der Waals surface area contributed by atoms with E-state index in [0.29, 0.717) is 26.5 Å². The lowest BCUT2D eigenvalue weighted by Crippen LogP contribution is -2.10. The number of methoxy groups -OCH3 is 1. The average molecular weight is 481 g/mol. The van der Waals surface area contributed by atoms with Crippen LogP contribution in [0.1, 0.15) is 27.0 Å². The Hall–Kier alpha value is -1.74. The van der Waals surface area contributed by atoms with Gasteiger partial charge in [0.15, 0.2) is 10.7 Å². The second-order valence-corrected chi connectivity index (χ2v) is 9.16. The lowest BCUT2D eigenvalue weighted by atomic mass is 10.2. The summed E-state index contributed by atoms with van der Waals surface area (Å²) < 4.78 is 19.9. The van der Waals surface area contributed by atoms with Gasteiger partial charge < -0.3 is 4.74 Å². The maximum atomic E-state index is 14.9. The van der Waals surface area contributed by atoms with Crippen molar-refractivity contribution in [2.24, 2.45) is 0 Å². The number of hydrogen-bond acceptors (Lipinski definition) is 7. The highest BCUT2D eigenvalue weighted by molar-refractivity contribution is 8.00. The normalized spacial score (nSPS) is 11.9.